The number of rotatable bonds is 49. The standard InChI is InChI=1S/C70H126O56S7/c71-43-50(78)64-113-36(29-106-15-1-8-22-127(85,86)87)57(43)120-65-51(79)44(72)59(38(114-65)31-108-17-3-10-24-129(91,92)93)122-67-53(81)46(74)61(40(116-67)33-110-19-5-12-26-131(97,98)99)124-69-55(83)48(76)63(42(118-69)35-112-21-7-14-28-133(103,104)105)126-70-56(84)49(77)62(41(119-70)34-111-20-6-13-27-132(100,101)102)125-68-54(82)47(75)60(39(117-68)32-109-18-4-11-25-130(94,95)96)123-66-52(80)45(73)58(121-64)37(115-66)30-107-16-2-9-23-128(88,89)90/h36-84H,1-35H2,(H,85,86,87)(H,88,89,90)(H,91,92,93)(H,94,95,96)(H,97,98,99)(H,100,101,102)(H,103,104,105). The summed E-state index contributed by atoms with van der Waals surface area (Å²) in [6.07, 6.45) is -80.1. The van der Waals surface area contributed by atoms with Crippen molar-refractivity contribution in [1.82, 2.24) is 0 Å². The maximum Gasteiger partial charge on any atom is 0.264 e. The zero-order chi connectivity index (χ0) is 98.3. The van der Waals surface area contributed by atoms with Crippen LogP contribution in [0.4, 0.5) is 0 Å². The highest BCUT2D eigenvalue weighted by Gasteiger charge is 2.60. The molecule has 0 radical (unpaired) electrons. The smallest absolute Gasteiger partial charge is 0.264 e. The van der Waals surface area contributed by atoms with Crippen molar-refractivity contribution in [1.29, 1.82) is 0 Å². The van der Waals surface area contributed by atoms with Crippen molar-refractivity contribution >= 4 is 70.8 Å². The van der Waals surface area contributed by atoms with Crippen molar-refractivity contribution in [2.45, 2.75) is 305 Å². The molecule has 0 aliphatic carbocycles. The lowest BCUT2D eigenvalue weighted by Gasteiger charge is -2.50. The molecule has 63 heteroatoms. The van der Waals surface area contributed by atoms with E-state index < -0.39 is 372 Å². The molecular weight excluding hydrogens is 1960 g/mol. The fraction of sp³-hybridized carbons (Fsp3) is 1.00. The fourth-order valence-corrected chi connectivity index (χ4v) is 19.1. The molecule has 21 fully saturated rings. The minimum absolute atomic E-state index is 0.120. The van der Waals surface area contributed by atoms with Gasteiger partial charge in [0.25, 0.3) is 70.8 Å². The number of hydrogen-bond donors (Lipinski definition) is 21. The molecule has 21 saturated heterocycles. The molecule has 35 unspecified atom stereocenters. The summed E-state index contributed by atoms with van der Waals surface area (Å²) in [6.45, 7) is -8.33. The van der Waals surface area contributed by atoms with Gasteiger partial charge < -0.3 is 171 Å². The van der Waals surface area contributed by atoms with Crippen LogP contribution in [0.2, 0.25) is 0 Å². The Morgan fingerprint density at radius 2 is 0.263 bits per heavy atom. The lowest BCUT2D eigenvalue weighted by atomic mass is 9.95. The predicted molar refractivity (Wildman–Crippen MR) is 434 cm³/mol. The lowest BCUT2D eigenvalue weighted by molar-refractivity contribution is -0.397. The van der Waals surface area contributed by atoms with Crippen LogP contribution in [-0.4, -0.2) is 510 Å². The van der Waals surface area contributed by atoms with E-state index >= 15 is 0 Å². The van der Waals surface area contributed by atoms with Gasteiger partial charge in [0.05, 0.1) is 86.5 Å². The van der Waals surface area contributed by atoms with Crippen LogP contribution in [0.5, 0.6) is 0 Å². The Morgan fingerprint density at radius 3 is 0.361 bits per heavy atom. The van der Waals surface area contributed by atoms with Crippen LogP contribution in [-0.2, 0) is 170 Å². The minimum Gasteiger partial charge on any atom is -0.387 e. The Balaban J connectivity index is 1.24. The van der Waals surface area contributed by atoms with Crippen LogP contribution in [0.25, 0.3) is 0 Å². The van der Waals surface area contributed by atoms with Gasteiger partial charge in [-0.15, -0.1) is 0 Å². The molecule has 0 amide bonds. The van der Waals surface area contributed by atoms with E-state index in [2.05, 4.69) is 0 Å². The van der Waals surface area contributed by atoms with E-state index in [4.69, 9.17) is 99.5 Å². The second-order valence-corrected chi connectivity index (χ2v) is 43.9. The second kappa shape index (κ2) is 53.5. The van der Waals surface area contributed by atoms with Crippen molar-refractivity contribution in [3.63, 3.8) is 0 Å². The molecule has 0 aromatic carbocycles. The minimum atomic E-state index is -4.52. The van der Waals surface area contributed by atoms with Crippen molar-refractivity contribution in [3.05, 3.63) is 0 Å². The maximum atomic E-state index is 12.3. The highest BCUT2D eigenvalue weighted by molar-refractivity contribution is 7.87. The molecule has 21 rings (SSSR count). The molecule has 0 spiro atoms. The number of aliphatic hydroxyl groups is 14. The Kier molecular flexibility index (Phi) is 46.8. The van der Waals surface area contributed by atoms with E-state index in [1.807, 2.05) is 0 Å². The molecule has 21 heterocycles. The van der Waals surface area contributed by atoms with Crippen molar-refractivity contribution in [3.8, 4) is 0 Å². The number of aliphatic hydroxyl groups excluding tert-OH is 14. The second-order valence-electron chi connectivity index (χ2n) is 32.9. The molecule has 0 aromatic rings. The van der Waals surface area contributed by atoms with E-state index in [9.17, 15) is 162 Å². The van der Waals surface area contributed by atoms with Crippen LogP contribution in [0.3, 0.4) is 0 Å². The summed E-state index contributed by atoms with van der Waals surface area (Å²) in [7, 11) is -31.6. The van der Waals surface area contributed by atoms with Crippen LogP contribution in [0.15, 0.2) is 0 Å². The zero-order valence-corrected chi connectivity index (χ0v) is 77.2. The zero-order valence-electron chi connectivity index (χ0n) is 71.5. The first-order valence-corrected chi connectivity index (χ1v) is 53.8. The molecule has 56 nitrogen and oxygen atoms in total. The number of unbranched alkanes of at least 4 members (excludes halogenated alkanes) is 7. The Bertz CT molecular complexity index is 3520. The highest BCUT2D eigenvalue weighted by atomic mass is 32.2. The average molecular weight is 2090 g/mol. The van der Waals surface area contributed by atoms with Gasteiger partial charge in [-0.25, -0.2) is 0 Å². The summed E-state index contributed by atoms with van der Waals surface area (Å²) in [5.74, 6) is -5.29. The molecule has 21 aliphatic heterocycles. The highest BCUT2D eigenvalue weighted by Crippen LogP contribution is 2.40. The Labute approximate surface area is 766 Å². The molecule has 14 bridgehead atoms. The van der Waals surface area contributed by atoms with Gasteiger partial charge in [0.15, 0.2) is 44.0 Å². The third kappa shape index (κ3) is 38.2. The van der Waals surface area contributed by atoms with Gasteiger partial charge in [0, 0.05) is 46.2 Å². The number of ether oxygens (including phenoxy) is 21. The van der Waals surface area contributed by atoms with E-state index in [0.29, 0.717) is 0 Å². The van der Waals surface area contributed by atoms with Crippen molar-refractivity contribution in [2.75, 3.05) is 133 Å². The largest absolute Gasteiger partial charge is 0.387 e. The van der Waals surface area contributed by atoms with Crippen molar-refractivity contribution < 1.29 is 262 Å². The third-order valence-electron chi connectivity index (χ3n) is 22.1. The van der Waals surface area contributed by atoms with Gasteiger partial charge in [0.1, 0.15) is 171 Å². The summed E-state index contributed by atoms with van der Waals surface area (Å²) >= 11 is 0. The Morgan fingerprint density at radius 1 is 0.158 bits per heavy atom. The van der Waals surface area contributed by atoms with Crippen LogP contribution >= 0.6 is 0 Å². The van der Waals surface area contributed by atoms with Gasteiger partial charge in [0.2, 0.25) is 0 Å². The Hall–Kier alpha value is -2.03. The molecule has 21 aliphatic rings. The number of hydrogen-bond acceptors (Lipinski definition) is 49. The molecule has 0 aromatic heterocycles. The van der Waals surface area contributed by atoms with Gasteiger partial charge in [-0.2, -0.15) is 58.9 Å². The third-order valence-corrected chi connectivity index (χ3v) is 27.7. The average Bonchev–Trinajstić information content (AvgIpc) is 0.854. The van der Waals surface area contributed by atoms with Gasteiger partial charge >= 0.3 is 0 Å². The molecule has 0 saturated carbocycles. The quantitative estimate of drug-likeness (QED) is 0.0199. The summed E-state index contributed by atoms with van der Waals surface area (Å²) in [6, 6.07) is 0. The van der Waals surface area contributed by atoms with E-state index in [0.717, 1.165) is 0 Å². The van der Waals surface area contributed by atoms with Crippen LogP contribution in [0.1, 0.15) is 89.9 Å². The van der Waals surface area contributed by atoms with E-state index in [-0.39, 0.29) is 136 Å². The molecule has 784 valence electrons. The van der Waals surface area contributed by atoms with E-state index in [1.54, 1.807) is 0 Å². The fourth-order valence-electron chi connectivity index (χ4n) is 15.1. The molecule has 21 N–H and O–H groups in total. The van der Waals surface area contributed by atoms with Crippen LogP contribution < -0.4 is 0 Å². The van der Waals surface area contributed by atoms with E-state index in [1.165, 1.54) is 0 Å². The van der Waals surface area contributed by atoms with Crippen LogP contribution in [0, 0.1) is 0 Å². The van der Waals surface area contributed by atoms with Crippen molar-refractivity contribution in [2.24, 2.45) is 0 Å². The molecule has 133 heavy (non-hydrogen) atoms. The van der Waals surface area contributed by atoms with Gasteiger partial charge in [-0.05, 0) is 89.9 Å². The lowest BCUT2D eigenvalue weighted by Crippen LogP contribution is -2.68. The first kappa shape index (κ1) is 116. The normalized spacial score (nSPS) is 37.9. The summed E-state index contributed by atoms with van der Waals surface area (Å²) in [5.41, 5.74) is 0. The summed E-state index contributed by atoms with van der Waals surface area (Å²) < 4.78 is 357. The SMILES string of the molecule is O=S(=O)(O)CCCCOCC1OC2OC3C(COCCCCS(=O)(=O)O)OC(OC4C(COCCCCS(=O)(=O)O)OC(OC5C(COCCCCS(=O)(=O)O)OC(OC6C(COCCCCS(=O)(=O)O)OC(OC7C(COCCCCS(=O)(=O)O)OC(OC8C(COCCCCS(=O)(=O)O)OC(OC1C(O)C2O)C(O)C8O)C(O)C7O)C(O)C6O)C(O)C5O)C(O)C4O)C(O)C3O. The summed E-state index contributed by atoms with van der Waals surface area (Å²) in [5, 5.41) is 172. The molecule has 35 atom stereocenters. The predicted octanol–water partition coefficient (Wildman–Crippen LogP) is -10.4. The first-order chi connectivity index (χ1) is 62.2. The monoisotopic (exact) mass is 2090 g/mol. The first-order valence-electron chi connectivity index (χ1n) is 42.6. The van der Waals surface area contributed by atoms with Gasteiger partial charge in [-0.3, -0.25) is 31.9 Å². The summed E-state index contributed by atoms with van der Waals surface area (Å²) in [4.78, 5) is 0. The maximum absolute atomic E-state index is 12.3. The topological polar surface area (TPSA) is 858 Å². The molecular formula is C70H126O56S7. The van der Waals surface area contributed by atoms with Gasteiger partial charge in [-0.1, -0.05) is 0 Å².